The first-order chi connectivity index (χ1) is 9.78. The summed E-state index contributed by atoms with van der Waals surface area (Å²) in [5.74, 6) is 0. The van der Waals surface area contributed by atoms with Gasteiger partial charge in [0.05, 0.1) is 11.6 Å². The van der Waals surface area contributed by atoms with Crippen molar-refractivity contribution in [1.82, 2.24) is 9.97 Å². The van der Waals surface area contributed by atoms with Crippen LogP contribution < -0.4 is 5.46 Å². The van der Waals surface area contributed by atoms with Crippen molar-refractivity contribution < 1.29 is 0 Å². The number of rotatable bonds is 2. The molecule has 20 heavy (non-hydrogen) atoms. The van der Waals surface area contributed by atoms with Crippen LogP contribution in [0.1, 0.15) is 11.1 Å². The molecular formula is C16H12BN3. The highest BCUT2D eigenvalue weighted by Crippen LogP contribution is 2.25. The number of fused-ring (bicyclic) bond motifs is 1. The second-order valence-corrected chi connectivity index (χ2v) is 4.71. The lowest BCUT2D eigenvalue weighted by Crippen LogP contribution is -1.99. The number of H-pyrrole nitrogens is 1. The Bertz CT molecular complexity index is 826. The van der Waals surface area contributed by atoms with Gasteiger partial charge in [-0.1, -0.05) is 23.7 Å². The molecule has 0 aliphatic heterocycles. The van der Waals surface area contributed by atoms with E-state index in [4.69, 9.17) is 0 Å². The van der Waals surface area contributed by atoms with Gasteiger partial charge in [0.1, 0.15) is 7.85 Å². The number of hydrogen-bond acceptors (Lipinski definition) is 2. The number of nitrogens with one attached hydrogen (secondary N) is 1. The van der Waals surface area contributed by atoms with Crippen molar-refractivity contribution >= 4 is 35.9 Å². The van der Waals surface area contributed by atoms with Gasteiger partial charge in [-0.15, -0.1) is 0 Å². The van der Waals surface area contributed by atoms with Crippen molar-refractivity contribution in [3.05, 3.63) is 60.0 Å². The third-order valence-corrected chi connectivity index (χ3v) is 3.24. The third-order valence-electron chi connectivity index (χ3n) is 3.24. The lowest BCUT2D eigenvalue weighted by Gasteiger charge is -1.99. The van der Waals surface area contributed by atoms with Gasteiger partial charge in [0.25, 0.3) is 0 Å². The molecule has 0 fully saturated rings. The van der Waals surface area contributed by atoms with Gasteiger partial charge in [-0.2, -0.15) is 5.26 Å². The minimum absolute atomic E-state index is 0.634. The fraction of sp³-hybridized carbons (Fsp3) is 0. The Morgan fingerprint density at radius 2 is 2.25 bits per heavy atom. The predicted octanol–water partition coefficient (Wildman–Crippen LogP) is 1.89. The Morgan fingerprint density at radius 1 is 1.35 bits per heavy atom. The van der Waals surface area contributed by atoms with Crippen LogP contribution in [0.4, 0.5) is 0 Å². The van der Waals surface area contributed by atoms with E-state index in [9.17, 15) is 5.26 Å². The summed E-state index contributed by atoms with van der Waals surface area (Å²) in [5, 5.41) is 10.5. The van der Waals surface area contributed by atoms with Gasteiger partial charge in [-0.25, -0.2) is 0 Å². The van der Waals surface area contributed by atoms with E-state index in [2.05, 4.69) is 28.2 Å². The molecule has 1 aromatic carbocycles. The molecule has 0 bridgehead atoms. The Kier molecular flexibility index (Phi) is 3.10. The quantitative estimate of drug-likeness (QED) is 0.563. The van der Waals surface area contributed by atoms with E-state index >= 15 is 0 Å². The highest BCUT2D eigenvalue weighted by molar-refractivity contribution is 6.33. The molecule has 3 rings (SSSR count). The molecule has 3 aromatic rings. The van der Waals surface area contributed by atoms with Crippen molar-refractivity contribution in [2.24, 2.45) is 0 Å². The predicted molar refractivity (Wildman–Crippen MR) is 84.2 cm³/mol. The van der Waals surface area contributed by atoms with Crippen molar-refractivity contribution in [3.8, 4) is 6.07 Å². The number of benzene rings is 1. The number of hydrogen-bond donors (Lipinski definition) is 1. The highest BCUT2D eigenvalue weighted by atomic mass is 14.7. The fourth-order valence-corrected chi connectivity index (χ4v) is 2.26. The number of pyridine rings is 1. The topological polar surface area (TPSA) is 52.5 Å². The molecule has 0 amide bonds. The minimum atomic E-state index is 0.634. The first-order valence-electron chi connectivity index (χ1n) is 6.38. The molecular weight excluding hydrogens is 245 g/mol. The molecule has 0 spiro atoms. The van der Waals surface area contributed by atoms with Crippen molar-refractivity contribution in [1.29, 1.82) is 5.26 Å². The van der Waals surface area contributed by atoms with Crippen LogP contribution >= 0.6 is 0 Å². The summed E-state index contributed by atoms with van der Waals surface area (Å²) in [6.45, 7) is 0. The molecule has 94 valence electrons. The molecule has 0 aliphatic rings. The molecule has 0 radical (unpaired) electrons. The number of nitrogens with zero attached hydrogens (tertiary/aromatic N) is 2. The van der Waals surface area contributed by atoms with E-state index in [1.807, 2.05) is 38.3 Å². The maximum absolute atomic E-state index is 9.44. The molecule has 0 aliphatic carbocycles. The Hall–Kier alpha value is -2.80. The van der Waals surface area contributed by atoms with Crippen LogP contribution in [0, 0.1) is 11.3 Å². The van der Waals surface area contributed by atoms with E-state index in [0.717, 1.165) is 22.0 Å². The van der Waals surface area contributed by atoms with E-state index < -0.39 is 0 Å². The molecule has 0 saturated heterocycles. The van der Waals surface area contributed by atoms with Crippen molar-refractivity contribution in [3.63, 3.8) is 0 Å². The monoisotopic (exact) mass is 257 g/mol. The molecule has 4 heteroatoms. The first-order valence-corrected chi connectivity index (χ1v) is 6.38. The van der Waals surface area contributed by atoms with Gasteiger partial charge >= 0.3 is 0 Å². The van der Waals surface area contributed by atoms with E-state index in [0.29, 0.717) is 5.57 Å². The lowest BCUT2D eigenvalue weighted by atomic mass is 9.93. The second-order valence-electron chi connectivity index (χ2n) is 4.71. The van der Waals surface area contributed by atoms with Crippen LogP contribution in [-0.2, 0) is 0 Å². The van der Waals surface area contributed by atoms with Crippen LogP contribution in [0.25, 0.3) is 22.6 Å². The fourth-order valence-electron chi connectivity index (χ4n) is 2.26. The largest absolute Gasteiger partial charge is 0.361 e. The summed E-state index contributed by atoms with van der Waals surface area (Å²) < 4.78 is 0. The zero-order valence-electron chi connectivity index (χ0n) is 11.1. The standard InChI is InChI=1S/C16H12BN3/c17-13-3-4-16-14(7-13)15(10-20-16)12(8-18)6-11-2-1-5-19-9-11/h1-7,9-10,20H,17H2/b12-6+. The lowest BCUT2D eigenvalue weighted by molar-refractivity contribution is 1.32. The highest BCUT2D eigenvalue weighted by Gasteiger charge is 2.08. The minimum Gasteiger partial charge on any atom is -0.361 e. The smallest absolute Gasteiger partial charge is 0.139 e. The molecule has 2 heterocycles. The number of aromatic nitrogens is 2. The van der Waals surface area contributed by atoms with Crippen LogP contribution in [0.15, 0.2) is 48.9 Å². The maximum atomic E-state index is 9.44. The summed E-state index contributed by atoms with van der Waals surface area (Å²) in [6, 6.07) is 12.3. The van der Waals surface area contributed by atoms with Crippen LogP contribution in [0.5, 0.6) is 0 Å². The zero-order valence-corrected chi connectivity index (χ0v) is 11.1. The van der Waals surface area contributed by atoms with Crippen LogP contribution in [0.2, 0.25) is 0 Å². The zero-order chi connectivity index (χ0) is 13.9. The van der Waals surface area contributed by atoms with E-state index in [-0.39, 0.29) is 0 Å². The van der Waals surface area contributed by atoms with Gasteiger partial charge in [0.2, 0.25) is 0 Å². The summed E-state index contributed by atoms with van der Waals surface area (Å²) in [5.41, 5.74) is 4.70. The first kappa shape index (κ1) is 12.2. The molecule has 0 saturated carbocycles. The van der Waals surface area contributed by atoms with Crippen molar-refractivity contribution in [2.75, 3.05) is 0 Å². The summed E-state index contributed by atoms with van der Waals surface area (Å²) in [7, 11) is 2.05. The summed E-state index contributed by atoms with van der Waals surface area (Å²) in [4.78, 5) is 7.28. The summed E-state index contributed by atoms with van der Waals surface area (Å²) in [6.07, 6.45) is 7.21. The van der Waals surface area contributed by atoms with Crippen LogP contribution in [-0.4, -0.2) is 17.8 Å². The second kappa shape index (κ2) is 5.06. The number of allylic oxidation sites excluding steroid dienone is 1. The van der Waals surface area contributed by atoms with Gasteiger partial charge < -0.3 is 4.98 Å². The van der Waals surface area contributed by atoms with Gasteiger partial charge in [0, 0.05) is 35.1 Å². The van der Waals surface area contributed by atoms with Gasteiger partial charge in [-0.3, -0.25) is 4.98 Å². The Balaban J connectivity index is 2.16. The molecule has 1 N–H and O–H groups in total. The molecule has 3 nitrogen and oxygen atoms in total. The molecule has 0 unspecified atom stereocenters. The maximum Gasteiger partial charge on any atom is 0.139 e. The average molecular weight is 257 g/mol. The number of aromatic amines is 1. The number of nitriles is 1. The Morgan fingerprint density at radius 3 is 3.00 bits per heavy atom. The van der Waals surface area contributed by atoms with Crippen LogP contribution in [0.3, 0.4) is 0 Å². The molecule has 2 aromatic heterocycles. The summed E-state index contributed by atoms with van der Waals surface area (Å²) >= 11 is 0. The Labute approximate surface area is 118 Å². The van der Waals surface area contributed by atoms with E-state index in [1.54, 1.807) is 12.4 Å². The molecule has 0 atom stereocenters. The third kappa shape index (κ3) is 2.22. The van der Waals surface area contributed by atoms with E-state index in [1.165, 1.54) is 5.46 Å². The van der Waals surface area contributed by atoms with Gasteiger partial charge in [0.15, 0.2) is 0 Å². The normalized spacial score (nSPS) is 11.4. The van der Waals surface area contributed by atoms with Crippen molar-refractivity contribution in [2.45, 2.75) is 0 Å². The average Bonchev–Trinajstić information content (AvgIpc) is 2.89. The van der Waals surface area contributed by atoms with Gasteiger partial charge in [-0.05, 0) is 23.8 Å². The SMILES string of the molecule is Bc1ccc2[nH]cc(/C(C#N)=C/c3cccnc3)c2c1.